The fraction of sp³-hybridized carbons (Fsp3) is 0.0625. The van der Waals surface area contributed by atoms with Crippen molar-refractivity contribution in [1.82, 2.24) is 4.90 Å². The van der Waals surface area contributed by atoms with E-state index in [2.05, 4.69) is 4.99 Å². The van der Waals surface area contributed by atoms with Crippen molar-refractivity contribution in [1.29, 1.82) is 0 Å². The first-order chi connectivity index (χ1) is 10.2. The highest BCUT2D eigenvalue weighted by molar-refractivity contribution is 6.24. The van der Waals surface area contributed by atoms with Crippen LogP contribution in [0.15, 0.2) is 47.5 Å². The predicted molar refractivity (Wildman–Crippen MR) is 75.9 cm³/mol. The number of amidine groups is 1. The number of aromatic carboxylic acids is 1. The predicted octanol–water partition coefficient (Wildman–Crippen LogP) is 2.43. The maximum Gasteiger partial charge on any atom is 0.336 e. The number of fused-ring (bicyclic) bond motifs is 4. The number of carboxylic acids is 1. The number of hydrogen-bond acceptors (Lipinski definition) is 3. The van der Waals surface area contributed by atoms with Crippen molar-refractivity contribution in [2.24, 2.45) is 4.99 Å². The molecular formula is C16H10N2O3. The summed E-state index contributed by atoms with van der Waals surface area (Å²) in [4.78, 5) is 29.8. The molecule has 21 heavy (non-hydrogen) atoms. The summed E-state index contributed by atoms with van der Waals surface area (Å²) in [5.41, 5.74) is 2.80. The first-order valence-electron chi connectivity index (χ1n) is 6.52. The smallest absolute Gasteiger partial charge is 0.336 e. The van der Waals surface area contributed by atoms with E-state index in [1.807, 2.05) is 18.2 Å². The molecule has 2 aromatic rings. The Morgan fingerprint density at radius 1 is 1.10 bits per heavy atom. The van der Waals surface area contributed by atoms with E-state index in [1.54, 1.807) is 23.1 Å². The first kappa shape index (κ1) is 11.8. The van der Waals surface area contributed by atoms with Gasteiger partial charge in [0.1, 0.15) is 5.84 Å². The Bertz CT molecular complexity index is 839. The van der Waals surface area contributed by atoms with Gasteiger partial charge in [-0.1, -0.05) is 24.3 Å². The fourth-order valence-electron chi connectivity index (χ4n) is 2.84. The second-order valence-electron chi connectivity index (χ2n) is 4.98. The molecule has 5 heteroatoms. The molecule has 0 bridgehead atoms. The Labute approximate surface area is 120 Å². The largest absolute Gasteiger partial charge is 0.478 e. The van der Waals surface area contributed by atoms with E-state index in [4.69, 9.17) is 0 Å². The molecule has 0 atom stereocenters. The van der Waals surface area contributed by atoms with E-state index in [9.17, 15) is 14.7 Å². The van der Waals surface area contributed by atoms with Crippen LogP contribution in [0.1, 0.15) is 31.8 Å². The normalized spacial score (nSPS) is 15.1. The average molecular weight is 278 g/mol. The number of aliphatic imine (C=N–C) groups is 1. The summed E-state index contributed by atoms with van der Waals surface area (Å²) in [6.45, 7) is 0.240. The van der Waals surface area contributed by atoms with Gasteiger partial charge in [0.05, 0.1) is 23.4 Å². The van der Waals surface area contributed by atoms with Crippen LogP contribution >= 0.6 is 0 Å². The summed E-state index contributed by atoms with van der Waals surface area (Å²) in [5.74, 6) is -0.532. The average Bonchev–Trinajstić information content (AvgIpc) is 2.78. The van der Waals surface area contributed by atoms with E-state index in [0.29, 0.717) is 22.6 Å². The minimum Gasteiger partial charge on any atom is -0.478 e. The molecule has 0 fully saturated rings. The van der Waals surface area contributed by atoms with E-state index in [1.165, 1.54) is 6.07 Å². The van der Waals surface area contributed by atoms with Crippen molar-refractivity contribution in [3.8, 4) is 0 Å². The Morgan fingerprint density at radius 3 is 2.62 bits per heavy atom. The van der Waals surface area contributed by atoms with Crippen molar-refractivity contribution >= 4 is 23.4 Å². The molecule has 2 heterocycles. The van der Waals surface area contributed by atoms with Crippen LogP contribution in [0.3, 0.4) is 0 Å². The zero-order chi connectivity index (χ0) is 14.6. The molecule has 2 aliphatic heterocycles. The fourth-order valence-corrected chi connectivity index (χ4v) is 2.84. The van der Waals surface area contributed by atoms with Crippen LogP contribution in [0.4, 0.5) is 5.69 Å². The second kappa shape index (κ2) is 4.02. The minimum atomic E-state index is -1.00. The lowest BCUT2D eigenvalue weighted by Gasteiger charge is -2.24. The molecule has 0 radical (unpaired) electrons. The van der Waals surface area contributed by atoms with Crippen LogP contribution in [-0.4, -0.2) is 27.7 Å². The van der Waals surface area contributed by atoms with Crippen molar-refractivity contribution < 1.29 is 14.7 Å². The molecule has 0 aromatic heterocycles. The third kappa shape index (κ3) is 1.54. The number of amides is 1. The van der Waals surface area contributed by atoms with Gasteiger partial charge in [0.25, 0.3) is 5.91 Å². The van der Waals surface area contributed by atoms with Gasteiger partial charge >= 0.3 is 5.97 Å². The molecule has 0 spiro atoms. The van der Waals surface area contributed by atoms with Gasteiger partial charge in [0.15, 0.2) is 0 Å². The van der Waals surface area contributed by atoms with Gasteiger partial charge in [-0.25, -0.2) is 9.79 Å². The molecule has 2 aromatic carbocycles. The third-order valence-corrected chi connectivity index (χ3v) is 3.82. The number of nitrogens with zero attached hydrogens (tertiary/aromatic N) is 2. The highest BCUT2D eigenvalue weighted by Crippen LogP contribution is 2.35. The van der Waals surface area contributed by atoms with Gasteiger partial charge in [0, 0.05) is 11.1 Å². The van der Waals surface area contributed by atoms with Crippen LogP contribution in [0.25, 0.3) is 0 Å². The number of benzene rings is 2. The summed E-state index contributed by atoms with van der Waals surface area (Å²) in [6.07, 6.45) is 0. The van der Waals surface area contributed by atoms with Crippen molar-refractivity contribution in [3.05, 3.63) is 64.7 Å². The summed E-state index contributed by atoms with van der Waals surface area (Å²) in [5, 5.41) is 9.27. The van der Waals surface area contributed by atoms with E-state index in [-0.39, 0.29) is 18.0 Å². The van der Waals surface area contributed by atoms with Gasteiger partial charge in [-0.2, -0.15) is 0 Å². The summed E-state index contributed by atoms with van der Waals surface area (Å²) < 4.78 is 0. The number of carbonyl (C=O) groups excluding carboxylic acids is 1. The van der Waals surface area contributed by atoms with Gasteiger partial charge in [-0.05, 0) is 18.2 Å². The third-order valence-electron chi connectivity index (χ3n) is 3.82. The Balaban J connectivity index is 1.94. The van der Waals surface area contributed by atoms with Gasteiger partial charge in [-0.3, -0.25) is 9.69 Å². The van der Waals surface area contributed by atoms with Gasteiger partial charge in [0.2, 0.25) is 0 Å². The quantitative estimate of drug-likeness (QED) is 0.871. The Morgan fingerprint density at radius 2 is 1.86 bits per heavy atom. The van der Waals surface area contributed by atoms with E-state index in [0.717, 1.165) is 5.56 Å². The van der Waals surface area contributed by atoms with Gasteiger partial charge < -0.3 is 5.11 Å². The molecule has 5 nitrogen and oxygen atoms in total. The Hall–Kier alpha value is -2.95. The number of carbonyl (C=O) groups is 2. The molecule has 4 rings (SSSR count). The lowest BCUT2D eigenvalue weighted by Crippen LogP contribution is -2.32. The van der Waals surface area contributed by atoms with Crippen LogP contribution in [-0.2, 0) is 6.54 Å². The zero-order valence-electron chi connectivity index (χ0n) is 10.9. The molecule has 102 valence electrons. The van der Waals surface area contributed by atoms with Crippen LogP contribution < -0.4 is 0 Å². The molecule has 1 amide bonds. The van der Waals surface area contributed by atoms with Crippen molar-refractivity contribution in [3.63, 3.8) is 0 Å². The first-order valence-corrected chi connectivity index (χ1v) is 6.52. The van der Waals surface area contributed by atoms with Crippen LogP contribution in [0.2, 0.25) is 0 Å². The van der Waals surface area contributed by atoms with Crippen LogP contribution in [0.5, 0.6) is 0 Å². The Kier molecular flexibility index (Phi) is 2.27. The minimum absolute atomic E-state index is 0.129. The summed E-state index contributed by atoms with van der Waals surface area (Å²) in [7, 11) is 0. The van der Waals surface area contributed by atoms with Crippen molar-refractivity contribution in [2.45, 2.75) is 6.54 Å². The summed E-state index contributed by atoms with van der Waals surface area (Å²) >= 11 is 0. The lowest BCUT2D eigenvalue weighted by molar-refractivity contribution is 0.0691. The highest BCUT2D eigenvalue weighted by Gasteiger charge is 2.37. The molecule has 2 aliphatic rings. The lowest BCUT2D eigenvalue weighted by atomic mass is 10.0. The molecule has 1 N–H and O–H groups in total. The number of carboxylic acid groups (broad SMARTS) is 1. The molecule has 0 aliphatic carbocycles. The van der Waals surface area contributed by atoms with Crippen LogP contribution in [0, 0.1) is 0 Å². The SMILES string of the molecule is O=C(O)c1cccc2c1CN1C(=O)c3ccccc3C1=N2. The maximum atomic E-state index is 12.4. The standard InChI is InChI=1S/C16H10N2O3/c19-15-10-5-2-1-4-9(10)14-17-13-7-3-6-11(16(20)21)12(13)8-18(14)15/h1-7H,8H2,(H,20,21). The van der Waals surface area contributed by atoms with Crippen molar-refractivity contribution in [2.75, 3.05) is 0 Å². The van der Waals surface area contributed by atoms with E-state index < -0.39 is 5.97 Å². The summed E-state index contributed by atoms with van der Waals surface area (Å²) in [6, 6.07) is 12.3. The topological polar surface area (TPSA) is 70.0 Å². The molecule has 0 saturated carbocycles. The monoisotopic (exact) mass is 278 g/mol. The highest BCUT2D eigenvalue weighted by atomic mass is 16.4. The van der Waals surface area contributed by atoms with E-state index >= 15 is 0 Å². The number of hydrogen-bond donors (Lipinski definition) is 1. The maximum absolute atomic E-state index is 12.4. The van der Waals surface area contributed by atoms with Gasteiger partial charge in [-0.15, -0.1) is 0 Å². The second-order valence-corrected chi connectivity index (χ2v) is 4.98. The number of rotatable bonds is 1. The molecule has 0 unspecified atom stereocenters. The molecular weight excluding hydrogens is 268 g/mol. The molecule has 0 saturated heterocycles. The zero-order valence-corrected chi connectivity index (χ0v) is 10.9.